The van der Waals surface area contributed by atoms with Gasteiger partial charge in [-0.05, 0) is 53.6 Å². The molecular formula is C25H19N5O2S. The molecule has 8 heteroatoms. The summed E-state index contributed by atoms with van der Waals surface area (Å²) in [5, 5.41) is 0.969. The third kappa shape index (κ3) is 4.42. The molecule has 0 fully saturated rings. The Kier molecular flexibility index (Phi) is 5.27. The second kappa shape index (κ2) is 8.40. The van der Waals surface area contributed by atoms with E-state index in [0.29, 0.717) is 11.4 Å². The zero-order valence-electron chi connectivity index (χ0n) is 17.7. The summed E-state index contributed by atoms with van der Waals surface area (Å²) in [4.78, 5) is 17.4. The van der Waals surface area contributed by atoms with Gasteiger partial charge in [-0.15, -0.1) is 0 Å². The lowest BCUT2D eigenvalue weighted by Crippen LogP contribution is -2.11. The molecule has 0 atom stereocenters. The van der Waals surface area contributed by atoms with E-state index in [1.54, 1.807) is 43.1 Å². The van der Waals surface area contributed by atoms with E-state index in [4.69, 9.17) is 0 Å². The van der Waals surface area contributed by atoms with E-state index >= 15 is 0 Å². The first-order chi connectivity index (χ1) is 16.0. The highest BCUT2D eigenvalue weighted by atomic mass is 32.2. The van der Waals surface area contributed by atoms with E-state index in [1.807, 2.05) is 48.7 Å². The van der Waals surface area contributed by atoms with Crippen LogP contribution in [-0.2, 0) is 10.0 Å². The van der Waals surface area contributed by atoms with Gasteiger partial charge in [0.1, 0.15) is 0 Å². The SMILES string of the molecule is CS(=O)(=O)Nc1cc(-c2ccc3nccc(-c4cccnc4)c3c2)cnc1-c1cccnc1. The standard InChI is InChI=1S/C25H19N5O2S/c1-33(31,32)30-24-13-20(16-29-25(24)19-5-3-10-27-15-19)17-6-7-23-22(12-17)21(8-11-28-23)18-4-2-9-26-14-18/h2-16,30H,1H3. The van der Waals surface area contributed by atoms with Crippen molar-refractivity contribution in [1.82, 2.24) is 19.9 Å². The predicted octanol–water partition coefficient (Wildman–Crippen LogP) is 4.79. The molecule has 0 aliphatic heterocycles. The number of anilines is 1. The number of fused-ring (bicyclic) bond motifs is 1. The van der Waals surface area contributed by atoms with Gasteiger partial charge < -0.3 is 0 Å². The molecule has 0 saturated carbocycles. The molecule has 0 bridgehead atoms. The van der Waals surface area contributed by atoms with Crippen molar-refractivity contribution in [2.75, 3.05) is 11.0 Å². The first kappa shape index (κ1) is 20.7. The summed E-state index contributed by atoms with van der Waals surface area (Å²) in [5.41, 5.74) is 6.15. The van der Waals surface area contributed by atoms with Crippen LogP contribution in [-0.4, -0.2) is 34.6 Å². The van der Waals surface area contributed by atoms with Crippen LogP contribution in [0.2, 0.25) is 0 Å². The average Bonchev–Trinajstić information content (AvgIpc) is 2.83. The van der Waals surface area contributed by atoms with Crippen LogP contribution >= 0.6 is 0 Å². The summed E-state index contributed by atoms with van der Waals surface area (Å²) in [6, 6.07) is 17.2. The van der Waals surface area contributed by atoms with Crippen molar-refractivity contribution in [3.63, 3.8) is 0 Å². The highest BCUT2D eigenvalue weighted by molar-refractivity contribution is 7.92. The number of sulfonamides is 1. The Morgan fingerprint density at radius 3 is 2.18 bits per heavy atom. The zero-order chi connectivity index (χ0) is 22.8. The Balaban J connectivity index is 1.66. The monoisotopic (exact) mass is 453 g/mol. The van der Waals surface area contributed by atoms with E-state index in [-0.39, 0.29) is 0 Å². The third-order valence-corrected chi connectivity index (χ3v) is 5.76. The molecule has 1 aromatic carbocycles. The van der Waals surface area contributed by atoms with Gasteiger partial charge in [0.25, 0.3) is 0 Å². The van der Waals surface area contributed by atoms with Crippen molar-refractivity contribution in [2.24, 2.45) is 0 Å². The molecule has 0 aliphatic carbocycles. The zero-order valence-corrected chi connectivity index (χ0v) is 18.5. The van der Waals surface area contributed by atoms with Crippen molar-refractivity contribution in [2.45, 2.75) is 0 Å². The van der Waals surface area contributed by atoms with Gasteiger partial charge in [0, 0.05) is 59.3 Å². The van der Waals surface area contributed by atoms with Crippen molar-refractivity contribution < 1.29 is 8.42 Å². The number of hydrogen-bond acceptors (Lipinski definition) is 6. The number of nitrogens with zero attached hydrogens (tertiary/aromatic N) is 4. The quantitative estimate of drug-likeness (QED) is 0.411. The Morgan fingerprint density at radius 2 is 1.48 bits per heavy atom. The van der Waals surface area contributed by atoms with E-state index in [2.05, 4.69) is 24.7 Å². The molecule has 5 rings (SSSR count). The van der Waals surface area contributed by atoms with Crippen LogP contribution in [0.5, 0.6) is 0 Å². The molecule has 4 heterocycles. The minimum absolute atomic E-state index is 0.391. The second-order valence-electron chi connectivity index (χ2n) is 7.57. The molecule has 0 radical (unpaired) electrons. The lowest BCUT2D eigenvalue weighted by Gasteiger charge is -2.13. The lowest BCUT2D eigenvalue weighted by atomic mass is 9.98. The van der Waals surface area contributed by atoms with Crippen LogP contribution in [0.3, 0.4) is 0 Å². The molecule has 0 aliphatic rings. The topological polar surface area (TPSA) is 97.7 Å². The fourth-order valence-corrected chi connectivity index (χ4v) is 4.29. The van der Waals surface area contributed by atoms with Crippen molar-refractivity contribution in [3.8, 4) is 33.5 Å². The maximum atomic E-state index is 12.0. The van der Waals surface area contributed by atoms with Gasteiger partial charge in [-0.2, -0.15) is 0 Å². The average molecular weight is 454 g/mol. The number of rotatable bonds is 5. The fraction of sp³-hybridized carbons (Fsp3) is 0.0400. The number of aromatic nitrogens is 4. The summed E-state index contributed by atoms with van der Waals surface area (Å²) in [6.45, 7) is 0. The molecule has 0 unspecified atom stereocenters. The van der Waals surface area contributed by atoms with Crippen LogP contribution in [0.4, 0.5) is 5.69 Å². The molecule has 162 valence electrons. The molecule has 0 saturated heterocycles. The molecule has 33 heavy (non-hydrogen) atoms. The molecule has 4 aromatic heterocycles. The van der Waals surface area contributed by atoms with Gasteiger partial charge in [0.2, 0.25) is 10.0 Å². The van der Waals surface area contributed by atoms with Crippen molar-refractivity contribution >= 4 is 26.6 Å². The van der Waals surface area contributed by atoms with Gasteiger partial charge in [0.05, 0.1) is 23.2 Å². The van der Waals surface area contributed by atoms with Gasteiger partial charge in [-0.25, -0.2) is 8.42 Å². The molecule has 0 spiro atoms. The van der Waals surface area contributed by atoms with Gasteiger partial charge in [-0.3, -0.25) is 24.7 Å². The summed E-state index contributed by atoms with van der Waals surface area (Å²) < 4.78 is 26.7. The Morgan fingerprint density at radius 1 is 0.727 bits per heavy atom. The summed E-state index contributed by atoms with van der Waals surface area (Å²) >= 11 is 0. The van der Waals surface area contributed by atoms with Gasteiger partial charge >= 0.3 is 0 Å². The van der Waals surface area contributed by atoms with Gasteiger partial charge in [-0.1, -0.05) is 12.1 Å². The maximum absolute atomic E-state index is 12.0. The first-order valence-electron chi connectivity index (χ1n) is 10.2. The smallest absolute Gasteiger partial charge is 0.229 e. The van der Waals surface area contributed by atoms with Crippen molar-refractivity contribution in [3.05, 3.63) is 91.8 Å². The van der Waals surface area contributed by atoms with E-state index in [0.717, 1.165) is 45.0 Å². The minimum Gasteiger partial charge on any atom is -0.282 e. The number of pyridine rings is 4. The Hall–Kier alpha value is -4.17. The second-order valence-corrected chi connectivity index (χ2v) is 9.32. The Bertz CT molecular complexity index is 1560. The van der Waals surface area contributed by atoms with E-state index < -0.39 is 10.0 Å². The van der Waals surface area contributed by atoms with Crippen LogP contribution in [0.1, 0.15) is 0 Å². The molecule has 7 nitrogen and oxygen atoms in total. The molecule has 5 aromatic rings. The highest BCUT2D eigenvalue weighted by Crippen LogP contribution is 2.34. The largest absolute Gasteiger partial charge is 0.282 e. The number of benzene rings is 1. The number of nitrogens with one attached hydrogen (secondary N) is 1. The summed E-state index contributed by atoms with van der Waals surface area (Å²) in [7, 11) is -3.51. The lowest BCUT2D eigenvalue weighted by molar-refractivity contribution is 0.607. The predicted molar refractivity (Wildman–Crippen MR) is 130 cm³/mol. The highest BCUT2D eigenvalue weighted by Gasteiger charge is 2.14. The van der Waals surface area contributed by atoms with Crippen molar-refractivity contribution in [1.29, 1.82) is 0 Å². The summed E-state index contributed by atoms with van der Waals surface area (Å²) in [6.07, 6.45) is 11.5. The number of hydrogen-bond donors (Lipinski definition) is 1. The Labute approximate surface area is 191 Å². The third-order valence-electron chi connectivity index (χ3n) is 5.17. The summed E-state index contributed by atoms with van der Waals surface area (Å²) in [5.74, 6) is 0. The fourth-order valence-electron chi connectivity index (χ4n) is 3.73. The van der Waals surface area contributed by atoms with E-state index in [1.165, 1.54) is 0 Å². The molecule has 0 amide bonds. The minimum atomic E-state index is -3.51. The van der Waals surface area contributed by atoms with Crippen LogP contribution < -0.4 is 4.72 Å². The van der Waals surface area contributed by atoms with E-state index in [9.17, 15) is 8.42 Å². The maximum Gasteiger partial charge on any atom is 0.229 e. The van der Waals surface area contributed by atoms with Crippen LogP contribution in [0.15, 0.2) is 91.8 Å². The molecular weight excluding hydrogens is 434 g/mol. The molecule has 1 N–H and O–H groups in total. The van der Waals surface area contributed by atoms with Gasteiger partial charge in [0.15, 0.2) is 0 Å². The normalized spacial score (nSPS) is 11.4. The van der Waals surface area contributed by atoms with Crippen LogP contribution in [0.25, 0.3) is 44.4 Å². The first-order valence-corrected chi connectivity index (χ1v) is 12.0. The van der Waals surface area contributed by atoms with Crippen LogP contribution in [0, 0.1) is 0 Å².